The van der Waals surface area contributed by atoms with E-state index in [0.717, 1.165) is 11.3 Å². The first kappa shape index (κ1) is 14.1. The quantitative estimate of drug-likeness (QED) is 0.578. The maximum Gasteiger partial charge on any atom is 0.107 e. The van der Waals surface area contributed by atoms with E-state index in [-0.39, 0.29) is 0 Å². The first-order valence-corrected chi connectivity index (χ1v) is 7.36. The second-order valence-corrected chi connectivity index (χ2v) is 5.02. The highest BCUT2D eigenvalue weighted by Crippen LogP contribution is 2.27. The van der Waals surface area contributed by atoms with Crippen molar-refractivity contribution in [1.82, 2.24) is 29.9 Å². The van der Waals surface area contributed by atoms with Gasteiger partial charge in [0.05, 0.1) is 29.5 Å². The molecule has 4 aromatic rings. The van der Waals surface area contributed by atoms with Gasteiger partial charge in [-0.05, 0) is 24.3 Å². The van der Waals surface area contributed by atoms with Crippen molar-refractivity contribution in [3.8, 4) is 34.0 Å². The molecule has 0 aliphatic carbocycles. The maximum atomic E-state index is 4.67. The average molecular weight is 312 g/mol. The highest BCUT2D eigenvalue weighted by Gasteiger charge is 2.11. The van der Waals surface area contributed by atoms with Crippen LogP contribution in [0, 0.1) is 0 Å². The van der Waals surface area contributed by atoms with Crippen molar-refractivity contribution in [3.63, 3.8) is 0 Å². The summed E-state index contributed by atoms with van der Waals surface area (Å²) in [5.41, 5.74) is 4.61. The molecule has 4 aromatic heterocycles. The van der Waals surface area contributed by atoms with Crippen LogP contribution in [-0.4, -0.2) is 29.9 Å². The molecule has 0 atom stereocenters. The summed E-state index contributed by atoms with van der Waals surface area (Å²) in [6.07, 6.45) is 11.7. The predicted molar refractivity (Wildman–Crippen MR) is 89.5 cm³/mol. The van der Waals surface area contributed by atoms with Crippen molar-refractivity contribution < 1.29 is 0 Å². The molecule has 4 heterocycles. The standard InChI is InChI=1S/C18H12N6/c1-2-4-21-14(3-1)13-9-15(17-11-19-5-7-22-17)24-16(10-13)18-12-20-6-8-23-18/h1-12H. The molecule has 0 aliphatic heterocycles. The van der Waals surface area contributed by atoms with Gasteiger partial charge in [0.15, 0.2) is 0 Å². The number of aromatic nitrogens is 6. The molecule has 0 saturated heterocycles. The molecule has 0 fully saturated rings. The van der Waals surface area contributed by atoms with E-state index in [1.807, 2.05) is 30.3 Å². The Balaban J connectivity index is 1.92. The van der Waals surface area contributed by atoms with Crippen LogP contribution in [0.5, 0.6) is 0 Å². The Morgan fingerprint density at radius 3 is 1.67 bits per heavy atom. The third kappa shape index (κ3) is 2.85. The molecule has 0 spiro atoms. The van der Waals surface area contributed by atoms with Gasteiger partial charge in [0.1, 0.15) is 11.4 Å². The minimum atomic E-state index is 0.695. The van der Waals surface area contributed by atoms with Crippen LogP contribution in [0.1, 0.15) is 0 Å². The molecular weight excluding hydrogens is 300 g/mol. The van der Waals surface area contributed by atoms with Gasteiger partial charge in [-0.15, -0.1) is 0 Å². The molecule has 0 saturated carbocycles. The molecule has 0 aliphatic rings. The van der Waals surface area contributed by atoms with Gasteiger partial charge in [-0.1, -0.05) is 6.07 Å². The summed E-state index contributed by atoms with van der Waals surface area (Å²) in [6.45, 7) is 0. The van der Waals surface area contributed by atoms with Gasteiger partial charge in [0.2, 0.25) is 0 Å². The lowest BCUT2D eigenvalue weighted by atomic mass is 10.1. The number of hydrogen-bond donors (Lipinski definition) is 0. The van der Waals surface area contributed by atoms with Crippen molar-refractivity contribution in [2.45, 2.75) is 0 Å². The monoisotopic (exact) mass is 312 g/mol. The van der Waals surface area contributed by atoms with Crippen LogP contribution in [0.3, 0.4) is 0 Å². The van der Waals surface area contributed by atoms with E-state index >= 15 is 0 Å². The summed E-state index contributed by atoms with van der Waals surface area (Å²) >= 11 is 0. The first-order valence-electron chi connectivity index (χ1n) is 7.36. The molecule has 0 radical (unpaired) electrons. The van der Waals surface area contributed by atoms with Crippen LogP contribution in [-0.2, 0) is 0 Å². The van der Waals surface area contributed by atoms with E-state index in [0.29, 0.717) is 22.8 Å². The summed E-state index contributed by atoms with van der Waals surface area (Å²) in [5, 5.41) is 0. The number of hydrogen-bond acceptors (Lipinski definition) is 6. The van der Waals surface area contributed by atoms with Gasteiger partial charge in [-0.25, -0.2) is 4.98 Å². The summed E-state index contributed by atoms with van der Waals surface area (Å²) in [7, 11) is 0. The fraction of sp³-hybridized carbons (Fsp3) is 0. The highest BCUT2D eigenvalue weighted by molar-refractivity contribution is 5.72. The van der Waals surface area contributed by atoms with Gasteiger partial charge in [-0.3, -0.25) is 24.9 Å². The van der Waals surface area contributed by atoms with E-state index in [9.17, 15) is 0 Å². The van der Waals surface area contributed by atoms with Gasteiger partial charge < -0.3 is 0 Å². The van der Waals surface area contributed by atoms with E-state index < -0.39 is 0 Å². The molecule has 6 heteroatoms. The predicted octanol–water partition coefficient (Wildman–Crippen LogP) is 3.06. The Labute approximate surface area is 138 Å². The number of rotatable bonds is 3. The minimum absolute atomic E-state index is 0.695. The van der Waals surface area contributed by atoms with Gasteiger partial charge >= 0.3 is 0 Å². The fourth-order valence-electron chi connectivity index (χ4n) is 2.34. The van der Waals surface area contributed by atoms with Crippen molar-refractivity contribution >= 4 is 0 Å². The molecule has 4 rings (SSSR count). The largest absolute Gasteiger partial charge is 0.261 e. The average Bonchev–Trinajstić information content (AvgIpc) is 2.70. The zero-order chi connectivity index (χ0) is 16.2. The third-order valence-electron chi connectivity index (χ3n) is 3.44. The Kier molecular flexibility index (Phi) is 3.69. The van der Waals surface area contributed by atoms with Gasteiger partial charge in [0.25, 0.3) is 0 Å². The molecule has 114 valence electrons. The van der Waals surface area contributed by atoms with Crippen LogP contribution < -0.4 is 0 Å². The molecule has 24 heavy (non-hydrogen) atoms. The van der Waals surface area contributed by atoms with E-state index in [4.69, 9.17) is 0 Å². The lowest BCUT2D eigenvalue weighted by Gasteiger charge is -2.08. The summed E-state index contributed by atoms with van der Waals surface area (Å²) in [5.74, 6) is 0. The normalized spacial score (nSPS) is 10.5. The molecule has 6 nitrogen and oxygen atoms in total. The van der Waals surface area contributed by atoms with Crippen LogP contribution in [0.15, 0.2) is 73.7 Å². The number of pyridine rings is 2. The van der Waals surface area contributed by atoms with Crippen molar-refractivity contribution in [2.24, 2.45) is 0 Å². The molecule has 0 unspecified atom stereocenters. The molecule has 0 bridgehead atoms. The summed E-state index contributed by atoms with van der Waals surface area (Å²) in [4.78, 5) is 26.0. The van der Waals surface area contributed by atoms with Crippen molar-refractivity contribution in [1.29, 1.82) is 0 Å². The second kappa shape index (κ2) is 6.29. The zero-order valence-electron chi connectivity index (χ0n) is 12.6. The zero-order valence-corrected chi connectivity index (χ0v) is 12.6. The molecular formula is C18H12N6. The topological polar surface area (TPSA) is 77.3 Å². The van der Waals surface area contributed by atoms with Gasteiger partial charge in [0, 0.05) is 36.5 Å². The third-order valence-corrected chi connectivity index (χ3v) is 3.44. The first-order chi connectivity index (χ1) is 11.9. The van der Waals surface area contributed by atoms with Crippen LogP contribution in [0.4, 0.5) is 0 Å². The van der Waals surface area contributed by atoms with E-state index in [1.165, 1.54) is 0 Å². The number of nitrogens with zero attached hydrogens (tertiary/aromatic N) is 6. The Bertz CT molecular complexity index is 803. The molecule has 0 aromatic carbocycles. The van der Waals surface area contributed by atoms with Crippen LogP contribution in [0.2, 0.25) is 0 Å². The Morgan fingerprint density at radius 1 is 0.542 bits per heavy atom. The lowest BCUT2D eigenvalue weighted by molar-refractivity contribution is 1.15. The SMILES string of the molecule is c1ccc(-c2cc(-c3cnccn3)nc(-c3cnccn3)c2)nc1. The highest BCUT2D eigenvalue weighted by atomic mass is 14.9. The molecule has 0 N–H and O–H groups in total. The summed E-state index contributed by atoms with van der Waals surface area (Å²) < 4.78 is 0. The summed E-state index contributed by atoms with van der Waals surface area (Å²) in [6, 6.07) is 9.69. The molecule has 0 amide bonds. The van der Waals surface area contributed by atoms with Crippen LogP contribution >= 0.6 is 0 Å². The maximum absolute atomic E-state index is 4.67. The van der Waals surface area contributed by atoms with Crippen LogP contribution in [0.25, 0.3) is 34.0 Å². The smallest absolute Gasteiger partial charge is 0.107 e. The fourth-order valence-corrected chi connectivity index (χ4v) is 2.34. The second-order valence-electron chi connectivity index (χ2n) is 5.02. The van der Waals surface area contributed by atoms with E-state index in [2.05, 4.69) is 29.9 Å². The Hall–Kier alpha value is -3.54. The van der Waals surface area contributed by atoms with Crippen molar-refractivity contribution in [3.05, 3.63) is 73.7 Å². The minimum Gasteiger partial charge on any atom is -0.261 e. The van der Waals surface area contributed by atoms with E-state index in [1.54, 1.807) is 43.4 Å². The lowest BCUT2D eigenvalue weighted by Crippen LogP contribution is -1.95. The Morgan fingerprint density at radius 2 is 1.17 bits per heavy atom. The van der Waals surface area contributed by atoms with Gasteiger partial charge in [-0.2, -0.15) is 0 Å². The van der Waals surface area contributed by atoms with Crippen molar-refractivity contribution in [2.75, 3.05) is 0 Å².